The van der Waals surface area contributed by atoms with Gasteiger partial charge >= 0.3 is 17.1 Å². The van der Waals surface area contributed by atoms with Crippen molar-refractivity contribution < 1.29 is 32.8 Å². The van der Waals surface area contributed by atoms with Crippen LogP contribution in [0.5, 0.6) is 11.5 Å². The van der Waals surface area contributed by atoms with Crippen LogP contribution in [0.15, 0.2) is 46.4 Å². The summed E-state index contributed by atoms with van der Waals surface area (Å²) in [4.78, 5) is 8.82. The standard InChI is InChI=1S/C21H26N2O2.Cu.H2O/c1-15-5-7-19(24)17(9-15)11-22-13-21(3,4)14-23-12-18-10-16(2)6-8-20(18)25;;/h5-12,24-25H,13-14H2,1-4H3;;1H2/q;+2;/p-2. The van der Waals surface area contributed by atoms with E-state index >= 15 is 0 Å². The second kappa shape index (κ2) is 10.9. The van der Waals surface area contributed by atoms with E-state index in [1.54, 1.807) is 36.7 Å². The van der Waals surface area contributed by atoms with Crippen LogP contribution in [0.3, 0.4) is 0 Å². The SMILES string of the molecule is Cc1ccc([O-])c(C=NCC(C)(C)CN=Cc2cc(C)ccc2[O-])c1.O.[Cu+2]. The first-order valence-corrected chi connectivity index (χ1v) is 8.32. The maximum atomic E-state index is 11.8. The zero-order valence-electron chi connectivity index (χ0n) is 16.0. The second-order valence-electron chi connectivity index (χ2n) is 7.19. The van der Waals surface area contributed by atoms with E-state index < -0.39 is 0 Å². The monoisotopic (exact) mass is 417 g/mol. The Hall–Kier alpha value is -2.14. The Morgan fingerprint density at radius 1 is 0.815 bits per heavy atom. The summed E-state index contributed by atoms with van der Waals surface area (Å²) in [5, 5.41) is 23.5. The van der Waals surface area contributed by atoms with Gasteiger partial charge < -0.3 is 15.7 Å². The summed E-state index contributed by atoms with van der Waals surface area (Å²) in [5.41, 5.74) is 3.13. The van der Waals surface area contributed by atoms with Crippen LogP contribution in [-0.2, 0) is 17.1 Å². The smallest absolute Gasteiger partial charge is 0.872 e. The molecule has 2 aromatic carbocycles. The van der Waals surface area contributed by atoms with Crippen molar-refractivity contribution in [2.75, 3.05) is 13.1 Å². The first-order chi connectivity index (χ1) is 11.8. The topological polar surface area (TPSA) is 102 Å². The van der Waals surface area contributed by atoms with Crippen molar-refractivity contribution in [1.29, 1.82) is 0 Å². The van der Waals surface area contributed by atoms with Crippen LogP contribution in [0.1, 0.15) is 36.1 Å². The molecule has 2 aromatic rings. The summed E-state index contributed by atoms with van der Waals surface area (Å²) in [6, 6.07) is 10.4. The van der Waals surface area contributed by atoms with Gasteiger partial charge in [-0.05, 0) is 25.0 Å². The van der Waals surface area contributed by atoms with Crippen LogP contribution in [0.4, 0.5) is 0 Å². The molecule has 2 N–H and O–H groups in total. The molecule has 0 atom stereocenters. The van der Waals surface area contributed by atoms with Gasteiger partial charge in [-0.15, -0.1) is 11.5 Å². The molecule has 0 bridgehead atoms. The summed E-state index contributed by atoms with van der Waals surface area (Å²) < 4.78 is 0. The molecule has 0 fully saturated rings. The molecule has 6 heteroatoms. The Labute approximate surface area is 171 Å². The summed E-state index contributed by atoms with van der Waals surface area (Å²) in [5.74, 6) is -0.0415. The summed E-state index contributed by atoms with van der Waals surface area (Å²) in [7, 11) is 0. The Morgan fingerprint density at radius 2 is 1.19 bits per heavy atom. The van der Waals surface area contributed by atoms with Gasteiger partial charge in [0.15, 0.2) is 0 Å². The van der Waals surface area contributed by atoms with E-state index in [0.717, 1.165) is 11.1 Å². The number of hydrogen-bond acceptors (Lipinski definition) is 4. The van der Waals surface area contributed by atoms with Crippen LogP contribution in [0.25, 0.3) is 0 Å². The molecule has 149 valence electrons. The van der Waals surface area contributed by atoms with Crippen molar-refractivity contribution in [3.05, 3.63) is 58.7 Å². The van der Waals surface area contributed by atoms with Crippen LogP contribution >= 0.6 is 0 Å². The first kappa shape index (κ1) is 24.9. The van der Waals surface area contributed by atoms with Gasteiger partial charge in [0.25, 0.3) is 0 Å². The van der Waals surface area contributed by atoms with E-state index in [1.165, 1.54) is 0 Å². The molecule has 2 rings (SSSR count). The first-order valence-electron chi connectivity index (χ1n) is 8.32. The zero-order valence-corrected chi connectivity index (χ0v) is 17.0. The molecule has 0 amide bonds. The van der Waals surface area contributed by atoms with Gasteiger partial charge in [0.2, 0.25) is 0 Å². The maximum absolute atomic E-state index is 11.8. The Balaban J connectivity index is 0.00000338. The molecule has 27 heavy (non-hydrogen) atoms. The summed E-state index contributed by atoms with van der Waals surface area (Å²) in [6.45, 7) is 9.12. The van der Waals surface area contributed by atoms with Crippen LogP contribution < -0.4 is 10.2 Å². The van der Waals surface area contributed by atoms with Crippen molar-refractivity contribution in [3.63, 3.8) is 0 Å². The van der Waals surface area contributed by atoms with Crippen molar-refractivity contribution >= 4 is 12.4 Å². The Bertz CT molecular complexity index is 737. The molecule has 0 saturated heterocycles. The molecule has 0 heterocycles. The van der Waals surface area contributed by atoms with Crippen LogP contribution in [-0.4, -0.2) is 31.0 Å². The molecule has 5 nitrogen and oxygen atoms in total. The van der Waals surface area contributed by atoms with E-state index in [9.17, 15) is 10.2 Å². The number of benzene rings is 2. The molecular formula is C21H26CuN2O3. The van der Waals surface area contributed by atoms with E-state index in [0.29, 0.717) is 24.2 Å². The predicted molar refractivity (Wildman–Crippen MR) is 104 cm³/mol. The minimum Gasteiger partial charge on any atom is -0.872 e. The molecular weight excluding hydrogens is 392 g/mol. The number of hydrogen-bond donors (Lipinski definition) is 0. The van der Waals surface area contributed by atoms with Gasteiger partial charge in [-0.1, -0.05) is 61.4 Å². The normalized spacial score (nSPS) is 11.4. The molecule has 0 unspecified atom stereocenters. The second-order valence-corrected chi connectivity index (χ2v) is 7.19. The van der Waals surface area contributed by atoms with Crippen LogP contribution in [0, 0.1) is 19.3 Å². The number of aryl methyl sites for hydroxylation is 2. The van der Waals surface area contributed by atoms with Gasteiger partial charge in [0, 0.05) is 30.9 Å². The third-order valence-corrected chi connectivity index (χ3v) is 3.83. The molecule has 0 saturated carbocycles. The van der Waals surface area contributed by atoms with Crippen molar-refractivity contribution in [2.45, 2.75) is 27.7 Å². The molecule has 0 aromatic heterocycles. The quantitative estimate of drug-likeness (QED) is 0.531. The van der Waals surface area contributed by atoms with Gasteiger partial charge in [-0.25, -0.2) is 0 Å². The minimum absolute atomic E-state index is 0. The Morgan fingerprint density at radius 3 is 1.56 bits per heavy atom. The van der Waals surface area contributed by atoms with E-state index in [1.807, 2.05) is 26.0 Å². The number of aliphatic imine (C=N–C) groups is 2. The van der Waals surface area contributed by atoms with E-state index in [2.05, 4.69) is 23.8 Å². The maximum Gasteiger partial charge on any atom is 2.00 e. The fourth-order valence-corrected chi connectivity index (χ4v) is 2.37. The average Bonchev–Trinajstić information content (AvgIpc) is 2.54. The van der Waals surface area contributed by atoms with Crippen molar-refractivity contribution in [1.82, 2.24) is 0 Å². The van der Waals surface area contributed by atoms with Crippen LogP contribution in [0.2, 0.25) is 0 Å². The van der Waals surface area contributed by atoms with E-state index in [-0.39, 0.29) is 39.5 Å². The van der Waals surface area contributed by atoms with Gasteiger partial charge in [0.05, 0.1) is 0 Å². The summed E-state index contributed by atoms with van der Waals surface area (Å²) in [6.07, 6.45) is 3.27. The van der Waals surface area contributed by atoms with E-state index in [4.69, 9.17) is 0 Å². The number of rotatable bonds is 6. The van der Waals surface area contributed by atoms with Crippen molar-refractivity contribution in [3.8, 4) is 11.5 Å². The Kier molecular flexibility index (Phi) is 10.0. The molecule has 0 aliphatic carbocycles. The minimum atomic E-state index is -0.160. The molecule has 0 spiro atoms. The number of nitrogens with zero attached hydrogens (tertiary/aromatic N) is 2. The fraction of sp³-hybridized carbons (Fsp3) is 0.333. The largest absolute Gasteiger partial charge is 2.00 e. The molecule has 0 aliphatic rings. The van der Waals surface area contributed by atoms with Gasteiger partial charge in [0.1, 0.15) is 0 Å². The molecule has 1 radical (unpaired) electrons. The van der Waals surface area contributed by atoms with Gasteiger partial charge in [-0.2, -0.15) is 0 Å². The summed E-state index contributed by atoms with van der Waals surface area (Å²) >= 11 is 0. The average molecular weight is 418 g/mol. The predicted octanol–water partition coefficient (Wildman–Crippen LogP) is 2.19. The van der Waals surface area contributed by atoms with Gasteiger partial charge in [-0.3, -0.25) is 9.98 Å². The third-order valence-electron chi connectivity index (χ3n) is 3.83. The zero-order chi connectivity index (χ0) is 18.4. The third kappa shape index (κ3) is 7.95. The van der Waals surface area contributed by atoms with Crippen molar-refractivity contribution in [2.24, 2.45) is 15.4 Å². The molecule has 0 aliphatic heterocycles. The fourth-order valence-electron chi connectivity index (χ4n) is 2.37.